The molecule has 2 aromatic heterocycles. The van der Waals surface area contributed by atoms with Gasteiger partial charge in [0.05, 0.1) is 23.0 Å². The van der Waals surface area contributed by atoms with Crippen LogP contribution >= 0.6 is 23.2 Å². The van der Waals surface area contributed by atoms with E-state index in [2.05, 4.69) is 10.1 Å². The molecule has 114 valence electrons. The van der Waals surface area contributed by atoms with Gasteiger partial charge in [-0.05, 0) is 13.8 Å². The van der Waals surface area contributed by atoms with Gasteiger partial charge in [-0.3, -0.25) is 14.0 Å². The highest BCUT2D eigenvalue weighted by Crippen LogP contribution is 2.22. The lowest BCUT2D eigenvalue weighted by molar-refractivity contribution is 0.562. The summed E-state index contributed by atoms with van der Waals surface area (Å²) in [4.78, 5) is 16.5. The molecule has 0 unspecified atom stereocenters. The molecule has 0 aliphatic carbocycles. The van der Waals surface area contributed by atoms with Crippen LogP contribution in [0.3, 0.4) is 0 Å². The minimum absolute atomic E-state index is 0.0780. The second-order valence-corrected chi connectivity index (χ2v) is 5.94. The van der Waals surface area contributed by atoms with E-state index in [0.717, 1.165) is 11.4 Å². The molecular weight excluding hydrogens is 311 g/mol. The fourth-order valence-electron chi connectivity index (χ4n) is 2.26. The minimum atomic E-state index is -0.184. The molecule has 0 amide bonds. The van der Waals surface area contributed by atoms with E-state index in [1.165, 1.54) is 6.07 Å². The van der Waals surface area contributed by atoms with Crippen LogP contribution in [0.5, 0.6) is 0 Å². The van der Waals surface area contributed by atoms with Crippen molar-refractivity contribution in [3.05, 3.63) is 43.8 Å². The summed E-state index contributed by atoms with van der Waals surface area (Å²) in [5.74, 6) is 0.722. The summed E-state index contributed by atoms with van der Waals surface area (Å²) in [5, 5.41) is 5.17. The van der Waals surface area contributed by atoms with E-state index in [-0.39, 0.29) is 16.6 Å². The van der Waals surface area contributed by atoms with Gasteiger partial charge in [0.2, 0.25) is 0 Å². The van der Waals surface area contributed by atoms with Crippen LogP contribution in [0.15, 0.2) is 10.9 Å². The molecule has 5 nitrogen and oxygen atoms in total. The lowest BCUT2D eigenvalue weighted by Crippen LogP contribution is -2.27. The largest absolute Gasteiger partial charge is 0.290 e. The van der Waals surface area contributed by atoms with Crippen molar-refractivity contribution in [3.63, 3.8) is 0 Å². The predicted molar refractivity (Wildman–Crippen MR) is 84.3 cm³/mol. The van der Waals surface area contributed by atoms with Gasteiger partial charge in [-0.1, -0.05) is 37.0 Å². The molecule has 0 spiro atoms. The van der Waals surface area contributed by atoms with Crippen molar-refractivity contribution in [2.45, 2.75) is 46.7 Å². The lowest BCUT2D eigenvalue weighted by Gasteiger charge is -2.15. The second kappa shape index (κ2) is 6.20. The molecule has 2 aromatic rings. The summed E-state index contributed by atoms with van der Waals surface area (Å²) in [6.45, 7) is 8.81. The number of aromatic nitrogens is 4. The molecule has 2 heterocycles. The maximum atomic E-state index is 12.3. The normalized spacial score (nSPS) is 11.4. The predicted octanol–water partition coefficient (Wildman–Crippen LogP) is 3.25. The molecule has 0 aromatic carbocycles. The maximum absolute atomic E-state index is 12.3. The van der Waals surface area contributed by atoms with E-state index in [0.29, 0.717) is 23.9 Å². The van der Waals surface area contributed by atoms with Gasteiger partial charge in [0.1, 0.15) is 11.0 Å². The van der Waals surface area contributed by atoms with Crippen LogP contribution in [0.1, 0.15) is 43.9 Å². The highest BCUT2D eigenvalue weighted by molar-refractivity contribution is 6.31. The van der Waals surface area contributed by atoms with Crippen molar-refractivity contribution in [1.82, 2.24) is 19.3 Å². The summed E-state index contributed by atoms with van der Waals surface area (Å²) in [6.07, 6.45) is 0. The van der Waals surface area contributed by atoms with E-state index < -0.39 is 0 Å². The van der Waals surface area contributed by atoms with Gasteiger partial charge >= 0.3 is 0 Å². The molecule has 0 aliphatic rings. The Labute approximate surface area is 133 Å². The Hall–Kier alpha value is -1.33. The van der Waals surface area contributed by atoms with Crippen LogP contribution in [0.25, 0.3) is 0 Å². The van der Waals surface area contributed by atoms with E-state index in [9.17, 15) is 4.79 Å². The third kappa shape index (κ3) is 3.14. The molecule has 7 heteroatoms. The fraction of sp³-hybridized carbons (Fsp3) is 0.500. The third-order valence-corrected chi connectivity index (χ3v) is 3.97. The second-order valence-electron chi connectivity index (χ2n) is 5.18. The standard InChI is InChI=1S/C14H18Cl2N4O/c1-5-20-10(13(16)9(4)18-20)7-19-12(21)6-11(15)17-14(19)8(2)3/h6,8H,5,7H2,1-4H3. The zero-order valence-corrected chi connectivity index (χ0v) is 14.0. The van der Waals surface area contributed by atoms with E-state index >= 15 is 0 Å². The molecule has 0 fully saturated rings. The van der Waals surface area contributed by atoms with Crippen LogP contribution < -0.4 is 5.56 Å². The molecule has 2 rings (SSSR count). The quantitative estimate of drug-likeness (QED) is 0.809. The number of hydrogen-bond acceptors (Lipinski definition) is 3. The highest BCUT2D eigenvalue weighted by atomic mass is 35.5. The summed E-state index contributed by atoms with van der Waals surface area (Å²) in [5.41, 5.74) is 1.38. The number of halogens is 2. The fourth-order valence-corrected chi connectivity index (χ4v) is 2.64. The molecule has 0 radical (unpaired) electrons. The van der Waals surface area contributed by atoms with Gasteiger partial charge < -0.3 is 0 Å². The van der Waals surface area contributed by atoms with Crippen LogP contribution in [-0.2, 0) is 13.1 Å². The Bertz CT molecular complexity index is 718. The molecule has 21 heavy (non-hydrogen) atoms. The van der Waals surface area contributed by atoms with Gasteiger partial charge in [-0.2, -0.15) is 5.10 Å². The summed E-state index contributed by atoms with van der Waals surface area (Å²) in [6, 6.07) is 1.32. The SMILES string of the molecule is CCn1nc(C)c(Cl)c1Cn1c(C(C)C)nc(Cl)cc1=O. The minimum Gasteiger partial charge on any atom is -0.290 e. The first-order valence-corrected chi connectivity index (χ1v) is 7.59. The van der Waals surface area contributed by atoms with Crippen molar-refractivity contribution >= 4 is 23.2 Å². The van der Waals surface area contributed by atoms with Crippen LogP contribution in [-0.4, -0.2) is 19.3 Å². The first kappa shape index (κ1) is 16.0. The van der Waals surface area contributed by atoms with Gasteiger partial charge in [0, 0.05) is 18.5 Å². The van der Waals surface area contributed by atoms with Gasteiger partial charge in [0.25, 0.3) is 5.56 Å². The van der Waals surface area contributed by atoms with Crippen molar-refractivity contribution in [1.29, 1.82) is 0 Å². The molecular formula is C14H18Cl2N4O. The first-order valence-electron chi connectivity index (χ1n) is 6.84. The maximum Gasteiger partial charge on any atom is 0.255 e. The molecule has 0 bridgehead atoms. The monoisotopic (exact) mass is 328 g/mol. The molecule has 0 aliphatic heterocycles. The van der Waals surface area contributed by atoms with E-state index in [1.54, 1.807) is 4.57 Å². The lowest BCUT2D eigenvalue weighted by atomic mass is 10.2. The summed E-state index contributed by atoms with van der Waals surface area (Å²) < 4.78 is 3.41. The highest BCUT2D eigenvalue weighted by Gasteiger charge is 2.17. The first-order chi connectivity index (χ1) is 9.85. The van der Waals surface area contributed by atoms with Gasteiger partial charge in [0.15, 0.2) is 0 Å². The number of hydrogen-bond donors (Lipinski definition) is 0. The molecule has 0 atom stereocenters. The molecule has 0 N–H and O–H groups in total. The van der Waals surface area contributed by atoms with Crippen LogP contribution in [0, 0.1) is 6.92 Å². The zero-order chi connectivity index (χ0) is 15.7. The Kier molecular flexibility index (Phi) is 4.74. The average molecular weight is 329 g/mol. The number of nitrogens with zero attached hydrogens (tertiary/aromatic N) is 4. The van der Waals surface area contributed by atoms with Crippen molar-refractivity contribution in [2.24, 2.45) is 0 Å². The van der Waals surface area contributed by atoms with Crippen molar-refractivity contribution in [3.8, 4) is 0 Å². The summed E-state index contributed by atoms with van der Waals surface area (Å²) in [7, 11) is 0. The molecule has 0 saturated carbocycles. The Morgan fingerprint density at radius 3 is 2.57 bits per heavy atom. The van der Waals surface area contributed by atoms with Gasteiger partial charge in [-0.25, -0.2) is 4.98 Å². The molecule has 0 saturated heterocycles. The van der Waals surface area contributed by atoms with Crippen LogP contribution in [0.4, 0.5) is 0 Å². The van der Waals surface area contributed by atoms with E-state index in [4.69, 9.17) is 23.2 Å². The van der Waals surface area contributed by atoms with Crippen LogP contribution in [0.2, 0.25) is 10.2 Å². The van der Waals surface area contributed by atoms with E-state index in [1.807, 2.05) is 32.4 Å². The topological polar surface area (TPSA) is 52.7 Å². The number of aryl methyl sites for hydroxylation is 2. The van der Waals surface area contributed by atoms with Crippen molar-refractivity contribution in [2.75, 3.05) is 0 Å². The Morgan fingerprint density at radius 1 is 1.33 bits per heavy atom. The smallest absolute Gasteiger partial charge is 0.255 e. The Balaban J connectivity index is 2.57. The van der Waals surface area contributed by atoms with Crippen molar-refractivity contribution < 1.29 is 0 Å². The Morgan fingerprint density at radius 2 is 2.00 bits per heavy atom. The third-order valence-electron chi connectivity index (χ3n) is 3.28. The summed E-state index contributed by atoms with van der Waals surface area (Å²) >= 11 is 12.2. The van der Waals surface area contributed by atoms with Gasteiger partial charge in [-0.15, -0.1) is 0 Å². The number of rotatable bonds is 4. The average Bonchev–Trinajstić information content (AvgIpc) is 2.68. The zero-order valence-electron chi connectivity index (χ0n) is 12.5.